The molecular weight excluding hydrogens is 574 g/mol. The summed E-state index contributed by atoms with van der Waals surface area (Å²) in [5.41, 5.74) is 1.51. The van der Waals surface area contributed by atoms with Crippen LogP contribution >= 0.6 is 0 Å². The van der Waals surface area contributed by atoms with Crippen LogP contribution in [0.4, 0.5) is 11.8 Å². The molecule has 0 radical (unpaired) electrons. The predicted molar refractivity (Wildman–Crippen MR) is 171 cm³/mol. The van der Waals surface area contributed by atoms with Crippen LogP contribution in [0.3, 0.4) is 0 Å². The van der Waals surface area contributed by atoms with E-state index in [1.807, 2.05) is 4.90 Å². The normalized spacial score (nSPS) is 15.9. The Morgan fingerprint density at radius 1 is 0.978 bits per heavy atom. The summed E-state index contributed by atoms with van der Waals surface area (Å²) in [5, 5.41) is 12.6. The molecule has 0 bridgehead atoms. The number of anilines is 2. The van der Waals surface area contributed by atoms with Crippen LogP contribution in [0, 0.1) is 6.92 Å². The molecule has 2 N–H and O–H groups in total. The first-order valence-electron chi connectivity index (χ1n) is 16.1. The van der Waals surface area contributed by atoms with Crippen LogP contribution in [-0.2, 0) is 4.79 Å². The number of pyridine rings is 2. The van der Waals surface area contributed by atoms with Crippen molar-refractivity contribution < 1.29 is 19.5 Å². The number of aromatic nitrogens is 4. The molecule has 2 fully saturated rings. The first kappa shape index (κ1) is 32.4. The van der Waals surface area contributed by atoms with Crippen molar-refractivity contribution in [2.75, 3.05) is 44.6 Å². The van der Waals surface area contributed by atoms with E-state index in [9.17, 15) is 19.2 Å². The zero-order valence-electron chi connectivity index (χ0n) is 26.3. The number of piperazine rings is 1. The summed E-state index contributed by atoms with van der Waals surface area (Å²) >= 11 is 0. The Labute approximate surface area is 262 Å². The molecule has 1 aliphatic carbocycles. The van der Waals surface area contributed by atoms with E-state index in [0.29, 0.717) is 47.5 Å². The van der Waals surface area contributed by atoms with Gasteiger partial charge in [0, 0.05) is 56.4 Å². The standard InChI is InChI=1S/C33H43N7O5/c1-22-27-20-35-33(37-30(27)40(25-9-6-7-10-25)32(45)29(22)23(2)42)36-28-13-12-24(19-34-28)31(44)39-17-15-38(16-18-39)14-8-4-3-5-11-26(43)21-41/h12-13,19-20,25,41H,3-11,14-18,21H2,1-2H3,(H,34,35,36,37). The summed E-state index contributed by atoms with van der Waals surface area (Å²) in [7, 11) is 0. The minimum absolute atomic E-state index is 0.00684. The summed E-state index contributed by atoms with van der Waals surface area (Å²) in [6.07, 6.45) is 11.4. The molecule has 5 rings (SSSR count). The molecular formula is C33H43N7O5. The Morgan fingerprint density at radius 3 is 2.38 bits per heavy atom. The molecule has 0 atom stereocenters. The maximum absolute atomic E-state index is 13.5. The van der Waals surface area contributed by atoms with Gasteiger partial charge in [-0.1, -0.05) is 25.7 Å². The number of aliphatic hydroxyl groups is 1. The fraction of sp³-hybridized carbons (Fsp3) is 0.545. The molecule has 240 valence electrons. The molecule has 12 nitrogen and oxygen atoms in total. The minimum atomic E-state index is -0.364. The van der Waals surface area contributed by atoms with Crippen molar-refractivity contribution in [3.05, 3.63) is 51.6 Å². The number of unbranched alkanes of at least 4 members (excludes halogenated alkanes) is 3. The molecule has 45 heavy (non-hydrogen) atoms. The number of fused-ring (bicyclic) bond motifs is 1. The fourth-order valence-electron chi connectivity index (χ4n) is 6.46. The number of aryl methyl sites for hydroxylation is 1. The average Bonchev–Trinajstić information content (AvgIpc) is 3.57. The number of ketones is 2. The van der Waals surface area contributed by atoms with Crippen molar-refractivity contribution in [1.82, 2.24) is 29.3 Å². The average molecular weight is 618 g/mol. The summed E-state index contributed by atoms with van der Waals surface area (Å²) < 4.78 is 1.68. The highest BCUT2D eigenvalue weighted by atomic mass is 16.3. The number of nitrogens with zero attached hydrogens (tertiary/aromatic N) is 6. The lowest BCUT2D eigenvalue weighted by Crippen LogP contribution is -2.48. The van der Waals surface area contributed by atoms with Gasteiger partial charge in [0.25, 0.3) is 11.5 Å². The predicted octanol–water partition coefficient (Wildman–Crippen LogP) is 3.83. The number of amides is 1. The lowest BCUT2D eigenvalue weighted by Gasteiger charge is -2.34. The summed E-state index contributed by atoms with van der Waals surface area (Å²) in [5.74, 6) is 0.352. The summed E-state index contributed by atoms with van der Waals surface area (Å²) in [4.78, 5) is 68.0. The van der Waals surface area contributed by atoms with Gasteiger partial charge in [0.1, 0.15) is 18.1 Å². The molecule has 1 amide bonds. The first-order valence-corrected chi connectivity index (χ1v) is 16.1. The lowest BCUT2D eigenvalue weighted by molar-refractivity contribution is -0.121. The SMILES string of the molecule is CC(=O)c1c(C)c2cnc(Nc3ccc(C(=O)N4CCN(CCCCCCC(=O)CO)CC4)cn3)nc2n(C2CCCC2)c1=O. The molecule has 0 aromatic carbocycles. The smallest absolute Gasteiger partial charge is 0.263 e. The maximum atomic E-state index is 13.5. The van der Waals surface area contributed by atoms with Crippen LogP contribution in [0.1, 0.15) is 97.0 Å². The van der Waals surface area contributed by atoms with Crippen molar-refractivity contribution in [3.8, 4) is 0 Å². The van der Waals surface area contributed by atoms with Gasteiger partial charge in [-0.2, -0.15) is 4.98 Å². The Bertz CT molecular complexity index is 1590. The number of carbonyl (C=O) groups is 3. The van der Waals surface area contributed by atoms with E-state index >= 15 is 0 Å². The van der Waals surface area contributed by atoms with Gasteiger partial charge in [-0.3, -0.25) is 28.6 Å². The maximum Gasteiger partial charge on any atom is 0.263 e. The number of Topliss-reactive ketones (excluding diaryl/α,β-unsaturated/α-hetero) is 2. The number of hydrogen-bond donors (Lipinski definition) is 2. The number of carbonyl (C=O) groups excluding carboxylic acids is 3. The van der Waals surface area contributed by atoms with Gasteiger partial charge in [0.05, 0.1) is 11.1 Å². The van der Waals surface area contributed by atoms with E-state index in [1.165, 1.54) is 6.92 Å². The largest absolute Gasteiger partial charge is 0.389 e. The van der Waals surface area contributed by atoms with Crippen LogP contribution in [0.15, 0.2) is 29.3 Å². The van der Waals surface area contributed by atoms with Gasteiger partial charge in [-0.05, 0) is 63.8 Å². The van der Waals surface area contributed by atoms with Crippen molar-refractivity contribution in [3.63, 3.8) is 0 Å². The van der Waals surface area contributed by atoms with E-state index in [1.54, 1.807) is 36.0 Å². The lowest BCUT2D eigenvalue weighted by atomic mass is 10.0. The van der Waals surface area contributed by atoms with E-state index in [0.717, 1.165) is 71.0 Å². The van der Waals surface area contributed by atoms with Crippen LogP contribution in [0.2, 0.25) is 0 Å². The molecule has 0 spiro atoms. The summed E-state index contributed by atoms with van der Waals surface area (Å²) in [6, 6.07) is 3.46. The topological polar surface area (TPSA) is 151 Å². The second-order valence-corrected chi connectivity index (χ2v) is 12.2. The third kappa shape index (κ3) is 7.62. The number of rotatable bonds is 13. The number of nitrogens with one attached hydrogen (secondary N) is 1. The van der Waals surface area contributed by atoms with Crippen molar-refractivity contribution in [2.24, 2.45) is 0 Å². The van der Waals surface area contributed by atoms with Crippen LogP contribution < -0.4 is 10.9 Å². The molecule has 2 aliphatic rings. The highest BCUT2D eigenvalue weighted by Gasteiger charge is 2.26. The molecule has 3 aromatic heterocycles. The van der Waals surface area contributed by atoms with Gasteiger partial charge in [-0.25, -0.2) is 9.97 Å². The fourth-order valence-corrected chi connectivity index (χ4v) is 6.46. The third-order valence-corrected chi connectivity index (χ3v) is 9.02. The highest BCUT2D eigenvalue weighted by Crippen LogP contribution is 2.32. The number of aliphatic hydroxyl groups excluding tert-OH is 1. The van der Waals surface area contributed by atoms with Crippen LogP contribution in [-0.4, -0.2) is 91.2 Å². The van der Waals surface area contributed by atoms with E-state index in [2.05, 4.69) is 20.2 Å². The molecule has 3 aromatic rings. The molecule has 1 aliphatic heterocycles. The monoisotopic (exact) mass is 617 g/mol. The molecule has 0 unspecified atom stereocenters. The number of hydrogen-bond acceptors (Lipinski definition) is 10. The molecule has 12 heteroatoms. The summed E-state index contributed by atoms with van der Waals surface area (Å²) in [6.45, 7) is 6.75. The van der Waals surface area contributed by atoms with Crippen molar-refractivity contribution >= 4 is 40.3 Å². The van der Waals surface area contributed by atoms with Gasteiger partial charge < -0.3 is 15.3 Å². The second-order valence-electron chi connectivity index (χ2n) is 12.2. The Hall–Kier alpha value is -4.03. The van der Waals surface area contributed by atoms with Gasteiger partial charge in [0.2, 0.25) is 5.95 Å². The van der Waals surface area contributed by atoms with Gasteiger partial charge in [0.15, 0.2) is 11.6 Å². The third-order valence-electron chi connectivity index (χ3n) is 9.02. The van der Waals surface area contributed by atoms with Gasteiger partial charge >= 0.3 is 0 Å². The van der Waals surface area contributed by atoms with E-state index < -0.39 is 0 Å². The highest BCUT2D eigenvalue weighted by molar-refractivity contribution is 5.99. The van der Waals surface area contributed by atoms with Crippen molar-refractivity contribution in [2.45, 2.75) is 77.7 Å². The van der Waals surface area contributed by atoms with E-state index in [-0.39, 0.29) is 47.2 Å². The zero-order valence-corrected chi connectivity index (χ0v) is 26.3. The van der Waals surface area contributed by atoms with Crippen LogP contribution in [0.25, 0.3) is 11.0 Å². The Kier molecular flexibility index (Phi) is 10.7. The minimum Gasteiger partial charge on any atom is -0.389 e. The first-order chi connectivity index (χ1) is 21.8. The van der Waals surface area contributed by atoms with Crippen molar-refractivity contribution in [1.29, 1.82) is 0 Å². The second kappa shape index (κ2) is 14.8. The molecule has 4 heterocycles. The van der Waals surface area contributed by atoms with E-state index in [4.69, 9.17) is 10.1 Å². The van der Waals surface area contributed by atoms with Gasteiger partial charge in [-0.15, -0.1) is 0 Å². The Balaban J connectivity index is 1.19. The zero-order chi connectivity index (χ0) is 31.9. The molecule has 1 saturated carbocycles. The van der Waals surface area contributed by atoms with Crippen LogP contribution in [0.5, 0.6) is 0 Å². The molecule has 1 saturated heterocycles. The Morgan fingerprint density at radius 2 is 1.71 bits per heavy atom. The quantitative estimate of drug-likeness (QED) is 0.214.